The van der Waals surface area contributed by atoms with Crippen molar-refractivity contribution in [2.45, 2.75) is 12.5 Å². The Labute approximate surface area is 77.6 Å². The van der Waals surface area contributed by atoms with E-state index in [1.165, 1.54) is 7.11 Å². The van der Waals surface area contributed by atoms with Crippen molar-refractivity contribution in [1.29, 1.82) is 0 Å². The number of piperidine rings is 1. The molecule has 1 saturated heterocycles. The highest BCUT2D eigenvalue weighted by atomic mass is 16.5. The third-order valence-corrected chi connectivity index (χ3v) is 3.28. The van der Waals surface area contributed by atoms with Crippen molar-refractivity contribution in [3.05, 3.63) is 0 Å². The highest BCUT2D eigenvalue weighted by Crippen LogP contribution is 2.59. The summed E-state index contributed by atoms with van der Waals surface area (Å²) in [6.45, 7) is 1.51. The molecule has 1 unspecified atom stereocenters. The second-order valence-electron chi connectivity index (χ2n) is 3.85. The third kappa shape index (κ3) is 1.09. The van der Waals surface area contributed by atoms with Crippen LogP contribution in [0.2, 0.25) is 0 Å². The largest absolute Gasteiger partial charge is 0.469 e. The number of carbonyl (C=O) groups is 1. The van der Waals surface area contributed by atoms with Gasteiger partial charge >= 0.3 is 5.97 Å². The van der Waals surface area contributed by atoms with E-state index in [0.29, 0.717) is 12.5 Å². The maximum atomic E-state index is 11.5. The van der Waals surface area contributed by atoms with Crippen molar-refractivity contribution in [2.24, 2.45) is 11.3 Å². The zero-order valence-corrected chi connectivity index (χ0v) is 8.00. The molecule has 1 aliphatic carbocycles. The molecule has 0 aromatic rings. The minimum atomic E-state index is -0.259. The molecular formula is C9H15NO3. The van der Waals surface area contributed by atoms with Crippen molar-refractivity contribution in [2.75, 3.05) is 27.4 Å². The van der Waals surface area contributed by atoms with Crippen LogP contribution in [0.25, 0.3) is 0 Å². The zero-order valence-electron chi connectivity index (χ0n) is 8.00. The van der Waals surface area contributed by atoms with Gasteiger partial charge in [0.1, 0.15) is 0 Å². The van der Waals surface area contributed by atoms with Crippen LogP contribution < -0.4 is 5.32 Å². The van der Waals surface area contributed by atoms with Crippen LogP contribution >= 0.6 is 0 Å². The van der Waals surface area contributed by atoms with Crippen LogP contribution in [0, 0.1) is 11.3 Å². The fourth-order valence-electron chi connectivity index (χ4n) is 2.45. The predicted octanol–water partition coefficient (Wildman–Crippen LogP) is -0.216. The highest BCUT2D eigenvalue weighted by Gasteiger charge is 2.68. The molecule has 2 aliphatic rings. The van der Waals surface area contributed by atoms with Crippen LogP contribution in [0.3, 0.4) is 0 Å². The lowest BCUT2D eigenvalue weighted by atomic mass is 9.97. The minimum Gasteiger partial charge on any atom is -0.469 e. The number of methoxy groups -OCH3 is 2. The summed E-state index contributed by atoms with van der Waals surface area (Å²) in [5.74, 6) is 0.393. The predicted molar refractivity (Wildman–Crippen MR) is 46.2 cm³/mol. The van der Waals surface area contributed by atoms with E-state index in [1.807, 2.05) is 0 Å². The highest BCUT2D eigenvalue weighted by molar-refractivity contribution is 5.82. The van der Waals surface area contributed by atoms with Gasteiger partial charge in [-0.2, -0.15) is 0 Å². The molecule has 2 fully saturated rings. The summed E-state index contributed by atoms with van der Waals surface area (Å²) in [6.07, 6.45) is 0.959. The number of hydrogen-bond acceptors (Lipinski definition) is 4. The molecule has 0 aromatic heterocycles. The molecule has 1 N–H and O–H groups in total. The molecule has 0 radical (unpaired) electrons. The van der Waals surface area contributed by atoms with Gasteiger partial charge in [-0.25, -0.2) is 0 Å². The summed E-state index contributed by atoms with van der Waals surface area (Å²) in [5, 5.41) is 3.29. The molecule has 1 heterocycles. The van der Waals surface area contributed by atoms with Crippen molar-refractivity contribution in [3.63, 3.8) is 0 Å². The Morgan fingerprint density at radius 1 is 1.62 bits per heavy atom. The first-order chi connectivity index (χ1) is 6.25. The molecule has 0 spiro atoms. The molecule has 3 atom stereocenters. The van der Waals surface area contributed by atoms with Crippen molar-refractivity contribution < 1.29 is 14.3 Å². The van der Waals surface area contributed by atoms with Gasteiger partial charge in [-0.15, -0.1) is 0 Å². The van der Waals surface area contributed by atoms with E-state index in [1.54, 1.807) is 7.11 Å². The number of esters is 1. The van der Waals surface area contributed by atoms with E-state index < -0.39 is 0 Å². The molecule has 0 aromatic carbocycles. The first-order valence-electron chi connectivity index (χ1n) is 4.56. The van der Waals surface area contributed by atoms with Crippen molar-refractivity contribution >= 4 is 5.97 Å². The maximum absolute atomic E-state index is 11.5. The summed E-state index contributed by atoms with van der Waals surface area (Å²) in [5.41, 5.74) is -0.259. The van der Waals surface area contributed by atoms with Gasteiger partial charge < -0.3 is 14.8 Å². The topological polar surface area (TPSA) is 47.6 Å². The van der Waals surface area contributed by atoms with Gasteiger partial charge in [0.25, 0.3) is 0 Å². The Balaban J connectivity index is 2.09. The number of carbonyl (C=O) groups excluding carboxylic acids is 1. The molecule has 2 rings (SSSR count). The van der Waals surface area contributed by atoms with E-state index in [4.69, 9.17) is 9.47 Å². The lowest BCUT2D eigenvalue weighted by molar-refractivity contribution is -0.148. The molecule has 0 amide bonds. The monoisotopic (exact) mass is 185 g/mol. The molecule has 1 saturated carbocycles. The third-order valence-electron chi connectivity index (χ3n) is 3.28. The molecule has 4 nitrogen and oxygen atoms in total. The zero-order chi connectivity index (χ0) is 9.47. The van der Waals surface area contributed by atoms with Gasteiger partial charge in [0.2, 0.25) is 0 Å². The standard InChI is InChI=1S/C9H15NO3/c1-12-5-7-9(8(11)13-2)3-6(9)4-10-7/h6-7,10H,3-5H2,1-2H3/t6?,7-,9+/m1/s1. The Bertz CT molecular complexity index is 231. The van der Waals surface area contributed by atoms with E-state index in [9.17, 15) is 4.79 Å². The van der Waals surface area contributed by atoms with Crippen LogP contribution in [0.1, 0.15) is 6.42 Å². The summed E-state index contributed by atoms with van der Waals surface area (Å²) in [7, 11) is 3.11. The quantitative estimate of drug-likeness (QED) is 0.618. The van der Waals surface area contributed by atoms with E-state index >= 15 is 0 Å². The van der Waals surface area contributed by atoms with Crippen LogP contribution in [0.4, 0.5) is 0 Å². The molecule has 74 valence electrons. The molecule has 1 aliphatic heterocycles. The van der Waals surface area contributed by atoms with E-state index in [0.717, 1.165) is 13.0 Å². The summed E-state index contributed by atoms with van der Waals surface area (Å²) >= 11 is 0. The first-order valence-corrected chi connectivity index (χ1v) is 4.56. The van der Waals surface area contributed by atoms with Crippen LogP contribution in [0.5, 0.6) is 0 Å². The van der Waals surface area contributed by atoms with Gasteiger partial charge in [-0.1, -0.05) is 0 Å². The van der Waals surface area contributed by atoms with Gasteiger partial charge in [-0.05, 0) is 18.9 Å². The summed E-state index contributed by atoms with van der Waals surface area (Å²) in [4.78, 5) is 11.5. The minimum absolute atomic E-state index is 0.0791. The molecular weight excluding hydrogens is 170 g/mol. The Hall–Kier alpha value is -0.610. The number of ether oxygens (including phenoxy) is 2. The second-order valence-corrected chi connectivity index (χ2v) is 3.85. The number of fused-ring (bicyclic) bond motifs is 1. The number of nitrogens with one attached hydrogen (secondary N) is 1. The Morgan fingerprint density at radius 2 is 2.38 bits per heavy atom. The molecule has 0 bridgehead atoms. The van der Waals surface area contributed by atoms with Crippen LogP contribution in [-0.4, -0.2) is 39.4 Å². The lowest BCUT2D eigenvalue weighted by Crippen LogP contribution is -2.40. The summed E-state index contributed by atoms with van der Waals surface area (Å²) < 4.78 is 9.89. The summed E-state index contributed by atoms with van der Waals surface area (Å²) in [6, 6.07) is 0.148. The first kappa shape index (κ1) is 8.97. The average molecular weight is 185 g/mol. The smallest absolute Gasteiger partial charge is 0.313 e. The lowest BCUT2D eigenvalue weighted by Gasteiger charge is -2.20. The molecule has 13 heavy (non-hydrogen) atoms. The second kappa shape index (κ2) is 2.96. The van der Waals surface area contributed by atoms with E-state index in [2.05, 4.69) is 5.32 Å². The number of rotatable bonds is 3. The molecule has 4 heteroatoms. The van der Waals surface area contributed by atoms with Gasteiger partial charge in [0, 0.05) is 13.2 Å². The van der Waals surface area contributed by atoms with Crippen molar-refractivity contribution in [3.8, 4) is 0 Å². The van der Waals surface area contributed by atoms with Crippen LogP contribution in [-0.2, 0) is 14.3 Å². The fraction of sp³-hybridized carbons (Fsp3) is 0.889. The Morgan fingerprint density at radius 3 is 2.92 bits per heavy atom. The Kier molecular flexibility index (Phi) is 2.04. The SMILES string of the molecule is COC[C@H]1NCC2C[C@]21C(=O)OC. The van der Waals surface area contributed by atoms with Gasteiger partial charge in [0.15, 0.2) is 0 Å². The fourth-order valence-corrected chi connectivity index (χ4v) is 2.45. The normalized spacial score (nSPS) is 41.4. The average Bonchev–Trinajstić information content (AvgIpc) is 2.79. The van der Waals surface area contributed by atoms with Gasteiger partial charge in [0.05, 0.1) is 19.1 Å². The maximum Gasteiger partial charge on any atom is 0.313 e. The number of hydrogen-bond donors (Lipinski definition) is 1. The van der Waals surface area contributed by atoms with Gasteiger partial charge in [-0.3, -0.25) is 4.79 Å². The van der Waals surface area contributed by atoms with Crippen LogP contribution in [0.15, 0.2) is 0 Å². The van der Waals surface area contributed by atoms with Crippen molar-refractivity contribution in [1.82, 2.24) is 5.32 Å². The van der Waals surface area contributed by atoms with E-state index in [-0.39, 0.29) is 17.4 Å².